The lowest BCUT2D eigenvalue weighted by molar-refractivity contribution is -0.384. The minimum absolute atomic E-state index is 0.145. The quantitative estimate of drug-likeness (QED) is 0.428. The number of anilines is 1. The van der Waals surface area contributed by atoms with Crippen molar-refractivity contribution >= 4 is 23.0 Å². The lowest BCUT2D eigenvalue weighted by Crippen LogP contribution is -2.24. The fraction of sp³-hybridized carbons (Fsp3) is 0.538. The number of nitrogens with zero attached hydrogens (tertiary/aromatic N) is 2. The summed E-state index contributed by atoms with van der Waals surface area (Å²) < 4.78 is 0. The number of alkyl halides is 1. The first-order valence-electron chi connectivity index (χ1n) is 6.22. The topological polar surface area (TPSA) is 46.4 Å². The molecule has 0 amide bonds. The molecule has 0 bridgehead atoms. The first-order valence-corrected chi connectivity index (χ1v) is 6.75. The van der Waals surface area contributed by atoms with Gasteiger partial charge in [0.1, 0.15) is 5.69 Å². The molecule has 1 rings (SSSR count). The fourth-order valence-electron chi connectivity index (χ4n) is 1.86. The lowest BCUT2D eigenvalue weighted by Gasteiger charge is -2.22. The number of nitro groups is 1. The molecule has 0 N–H and O–H groups in total. The second-order valence-corrected chi connectivity index (χ2v) is 4.41. The molecule has 0 aliphatic heterocycles. The van der Waals surface area contributed by atoms with Crippen LogP contribution in [0.4, 0.5) is 11.4 Å². The number of unbranched alkanes of at least 4 members (excludes halogenated alkanes) is 1. The summed E-state index contributed by atoms with van der Waals surface area (Å²) in [6.45, 7) is 5.73. The Morgan fingerprint density at radius 3 is 2.61 bits per heavy atom. The molecule has 0 heterocycles. The molecule has 1 aromatic rings. The summed E-state index contributed by atoms with van der Waals surface area (Å²) in [7, 11) is 0. The van der Waals surface area contributed by atoms with E-state index in [2.05, 4.69) is 6.92 Å². The van der Waals surface area contributed by atoms with Crippen molar-refractivity contribution in [3.05, 3.63) is 33.9 Å². The average Bonchev–Trinajstić information content (AvgIpc) is 2.39. The summed E-state index contributed by atoms with van der Waals surface area (Å²) >= 11 is 5.72. The number of nitro benzene ring substituents is 1. The second-order valence-electron chi connectivity index (χ2n) is 4.15. The van der Waals surface area contributed by atoms with E-state index >= 15 is 0 Å². The van der Waals surface area contributed by atoms with Crippen LogP contribution >= 0.6 is 11.6 Å². The van der Waals surface area contributed by atoms with Crippen LogP contribution in [0, 0.1) is 10.1 Å². The summed E-state index contributed by atoms with van der Waals surface area (Å²) in [5, 5.41) is 11.1. The van der Waals surface area contributed by atoms with Crippen molar-refractivity contribution in [1.29, 1.82) is 0 Å². The minimum Gasteiger partial charge on any atom is -0.366 e. The first-order chi connectivity index (χ1) is 8.63. The molecule has 5 heteroatoms. The summed E-state index contributed by atoms with van der Waals surface area (Å²) in [5.41, 5.74) is 1.61. The maximum Gasteiger partial charge on any atom is 0.292 e. The van der Waals surface area contributed by atoms with E-state index in [4.69, 9.17) is 11.6 Å². The molecular weight excluding hydrogens is 252 g/mol. The van der Waals surface area contributed by atoms with Crippen LogP contribution in [-0.4, -0.2) is 18.0 Å². The molecular formula is C13H19ClN2O2. The predicted molar refractivity (Wildman–Crippen MR) is 75.4 cm³/mol. The number of rotatable bonds is 7. The molecule has 0 spiro atoms. The van der Waals surface area contributed by atoms with Gasteiger partial charge in [0.15, 0.2) is 0 Å². The normalized spacial score (nSPS) is 10.4. The van der Waals surface area contributed by atoms with Crippen LogP contribution in [0.15, 0.2) is 18.2 Å². The van der Waals surface area contributed by atoms with Crippen molar-refractivity contribution in [2.24, 2.45) is 0 Å². The Bertz CT molecular complexity index is 410. The smallest absolute Gasteiger partial charge is 0.292 e. The van der Waals surface area contributed by atoms with E-state index in [1.807, 2.05) is 17.9 Å². The average molecular weight is 271 g/mol. The molecule has 100 valence electrons. The monoisotopic (exact) mass is 270 g/mol. The highest BCUT2D eigenvalue weighted by Crippen LogP contribution is 2.30. The lowest BCUT2D eigenvalue weighted by atomic mass is 10.1. The summed E-state index contributed by atoms with van der Waals surface area (Å²) in [6, 6.07) is 5.22. The molecule has 0 aromatic heterocycles. The van der Waals surface area contributed by atoms with E-state index in [1.165, 1.54) is 0 Å². The number of hydrogen-bond acceptors (Lipinski definition) is 3. The van der Waals surface area contributed by atoms with Gasteiger partial charge in [-0.3, -0.25) is 10.1 Å². The van der Waals surface area contributed by atoms with Crippen LogP contribution in [0.3, 0.4) is 0 Å². The highest BCUT2D eigenvalue weighted by Gasteiger charge is 2.18. The Labute approximate surface area is 113 Å². The van der Waals surface area contributed by atoms with Crippen molar-refractivity contribution in [3.63, 3.8) is 0 Å². The van der Waals surface area contributed by atoms with Crippen LogP contribution < -0.4 is 4.90 Å². The number of hydrogen-bond donors (Lipinski definition) is 0. The third-order valence-electron chi connectivity index (χ3n) is 2.89. The maximum absolute atomic E-state index is 11.1. The molecule has 0 unspecified atom stereocenters. The van der Waals surface area contributed by atoms with Gasteiger partial charge in [0, 0.05) is 25.0 Å². The molecule has 0 atom stereocenters. The van der Waals surface area contributed by atoms with Gasteiger partial charge in [0.25, 0.3) is 5.69 Å². The van der Waals surface area contributed by atoms with Gasteiger partial charge >= 0.3 is 0 Å². The minimum atomic E-state index is -0.333. The van der Waals surface area contributed by atoms with E-state index in [1.54, 1.807) is 12.1 Å². The van der Waals surface area contributed by atoms with Gasteiger partial charge in [-0.1, -0.05) is 19.4 Å². The van der Waals surface area contributed by atoms with Gasteiger partial charge in [-0.05, 0) is 25.0 Å². The molecule has 0 aliphatic carbocycles. The Hall–Kier alpha value is -1.29. The SMILES string of the molecule is CCCCN(CC)c1ccc(CCl)cc1[N+](=O)[O-]. The number of halogens is 1. The van der Waals surface area contributed by atoms with Crippen LogP contribution in [0.5, 0.6) is 0 Å². The highest BCUT2D eigenvalue weighted by atomic mass is 35.5. The summed E-state index contributed by atoms with van der Waals surface area (Å²) in [4.78, 5) is 12.8. The molecule has 0 aliphatic rings. The van der Waals surface area contributed by atoms with Crippen molar-refractivity contribution in [2.75, 3.05) is 18.0 Å². The van der Waals surface area contributed by atoms with Gasteiger partial charge in [0.2, 0.25) is 0 Å². The van der Waals surface area contributed by atoms with Gasteiger partial charge in [-0.15, -0.1) is 11.6 Å². The van der Waals surface area contributed by atoms with E-state index < -0.39 is 0 Å². The zero-order valence-corrected chi connectivity index (χ0v) is 11.6. The van der Waals surface area contributed by atoms with Gasteiger partial charge in [-0.25, -0.2) is 0 Å². The Morgan fingerprint density at radius 2 is 2.11 bits per heavy atom. The zero-order chi connectivity index (χ0) is 13.5. The largest absolute Gasteiger partial charge is 0.366 e. The summed E-state index contributed by atoms with van der Waals surface area (Å²) in [6.07, 6.45) is 2.10. The molecule has 0 fully saturated rings. The zero-order valence-electron chi connectivity index (χ0n) is 10.9. The predicted octanol–water partition coefficient (Wildman–Crippen LogP) is 3.96. The van der Waals surface area contributed by atoms with Crippen molar-refractivity contribution in [1.82, 2.24) is 0 Å². The Balaban J connectivity index is 3.08. The van der Waals surface area contributed by atoms with Gasteiger partial charge in [0.05, 0.1) is 4.92 Å². The molecule has 4 nitrogen and oxygen atoms in total. The fourth-order valence-corrected chi connectivity index (χ4v) is 2.03. The standard InChI is InChI=1S/C13H19ClN2O2/c1-3-5-8-15(4-2)12-7-6-11(10-14)9-13(12)16(17)18/h6-7,9H,3-5,8,10H2,1-2H3. The molecule has 0 saturated heterocycles. The first kappa shape index (κ1) is 14.8. The second kappa shape index (κ2) is 7.21. The van der Waals surface area contributed by atoms with Crippen LogP contribution in [0.2, 0.25) is 0 Å². The third kappa shape index (κ3) is 3.60. The van der Waals surface area contributed by atoms with Crippen LogP contribution in [-0.2, 0) is 5.88 Å². The number of benzene rings is 1. The summed E-state index contributed by atoms with van der Waals surface area (Å²) in [5.74, 6) is 0.294. The van der Waals surface area contributed by atoms with E-state index in [0.717, 1.165) is 31.5 Å². The van der Waals surface area contributed by atoms with Gasteiger partial charge in [-0.2, -0.15) is 0 Å². The van der Waals surface area contributed by atoms with E-state index in [9.17, 15) is 10.1 Å². The molecule has 0 radical (unpaired) electrons. The van der Waals surface area contributed by atoms with Crippen molar-refractivity contribution < 1.29 is 4.92 Å². The maximum atomic E-state index is 11.1. The highest BCUT2D eigenvalue weighted by molar-refractivity contribution is 6.17. The van der Waals surface area contributed by atoms with Crippen molar-refractivity contribution in [2.45, 2.75) is 32.6 Å². The van der Waals surface area contributed by atoms with Crippen LogP contribution in [0.1, 0.15) is 32.3 Å². The van der Waals surface area contributed by atoms with E-state index in [0.29, 0.717) is 11.6 Å². The van der Waals surface area contributed by atoms with E-state index in [-0.39, 0.29) is 10.6 Å². The Kier molecular flexibility index (Phi) is 5.92. The van der Waals surface area contributed by atoms with Crippen LogP contribution in [0.25, 0.3) is 0 Å². The van der Waals surface area contributed by atoms with Crippen molar-refractivity contribution in [3.8, 4) is 0 Å². The third-order valence-corrected chi connectivity index (χ3v) is 3.20. The van der Waals surface area contributed by atoms with Gasteiger partial charge < -0.3 is 4.90 Å². The molecule has 18 heavy (non-hydrogen) atoms. The Morgan fingerprint density at radius 1 is 1.39 bits per heavy atom. The molecule has 1 aromatic carbocycles. The molecule has 0 saturated carbocycles.